The van der Waals surface area contributed by atoms with E-state index in [0.29, 0.717) is 18.5 Å². The Morgan fingerprint density at radius 1 is 1.29 bits per heavy atom. The lowest BCUT2D eigenvalue weighted by atomic mass is 10.0. The van der Waals surface area contributed by atoms with Crippen LogP contribution in [0.2, 0.25) is 0 Å². The lowest BCUT2D eigenvalue weighted by molar-refractivity contribution is 0.0700. The monoisotopic (exact) mass is 332 g/mol. The fraction of sp³-hybridized carbons (Fsp3) is 0.650. The van der Waals surface area contributed by atoms with E-state index in [1.54, 1.807) is 6.07 Å². The molecule has 1 amide bonds. The van der Waals surface area contributed by atoms with Gasteiger partial charge in [0.2, 0.25) is 0 Å². The van der Waals surface area contributed by atoms with Crippen molar-refractivity contribution in [2.75, 3.05) is 26.2 Å². The first-order valence-corrected chi connectivity index (χ1v) is 9.25. The first kappa shape index (κ1) is 17.4. The third-order valence-electron chi connectivity index (χ3n) is 5.35. The largest absolute Gasteiger partial charge is 0.337 e. The van der Waals surface area contributed by atoms with E-state index < -0.39 is 5.82 Å². The molecule has 1 saturated carbocycles. The van der Waals surface area contributed by atoms with Gasteiger partial charge < -0.3 is 4.90 Å². The lowest BCUT2D eigenvalue weighted by Crippen LogP contribution is -2.46. The van der Waals surface area contributed by atoms with Gasteiger partial charge in [0.05, 0.1) is 5.56 Å². The Kier molecular flexibility index (Phi) is 5.24. The second-order valence-corrected chi connectivity index (χ2v) is 7.84. The van der Waals surface area contributed by atoms with Crippen molar-refractivity contribution in [3.63, 3.8) is 0 Å². The third-order valence-corrected chi connectivity index (χ3v) is 5.35. The van der Waals surface area contributed by atoms with E-state index in [0.717, 1.165) is 37.5 Å². The summed E-state index contributed by atoms with van der Waals surface area (Å²) >= 11 is 0. The van der Waals surface area contributed by atoms with Gasteiger partial charge >= 0.3 is 0 Å². The van der Waals surface area contributed by atoms with Gasteiger partial charge in [0.15, 0.2) is 0 Å². The van der Waals surface area contributed by atoms with Crippen molar-refractivity contribution in [3.05, 3.63) is 35.1 Å². The Labute approximate surface area is 144 Å². The van der Waals surface area contributed by atoms with E-state index in [9.17, 15) is 9.18 Å². The fourth-order valence-electron chi connectivity index (χ4n) is 3.70. The molecule has 132 valence electrons. The number of amides is 1. The highest BCUT2D eigenvalue weighted by molar-refractivity contribution is 5.94. The number of hydrogen-bond acceptors (Lipinski definition) is 2. The molecule has 1 atom stereocenters. The summed E-state index contributed by atoms with van der Waals surface area (Å²) in [4.78, 5) is 17.3. The molecule has 3 nitrogen and oxygen atoms in total. The maximum absolute atomic E-state index is 14.2. The average Bonchev–Trinajstić information content (AvgIpc) is 3.34. The molecule has 0 radical (unpaired) electrons. The van der Waals surface area contributed by atoms with E-state index in [-0.39, 0.29) is 11.5 Å². The topological polar surface area (TPSA) is 23.6 Å². The normalized spacial score (nSPS) is 22.7. The molecule has 1 aromatic carbocycles. The lowest BCUT2D eigenvalue weighted by Gasteiger charge is -2.34. The van der Waals surface area contributed by atoms with Crippen LogP contribution >= 0.6 is 0 Å². The first-order valence-electron chi connectivity index (χ1n) is 9.25. The number of benzene rings is 1. The molecular weight excluding hydrogens is 303 g/mol. The number of nitrogens with zero attached hydrogens (tertiary/aromatic N) is 2. The smallest absolute Gasteiger partial charge is 0.256 e. The van der Waals surface area contributed by atoms with Crippen molar-refractivity contribution >= 4 is 5.91 Å². The second-order valence-electron chi connectivity index (χ2n) is 7.84. The standard InChI is InChI=1S/C20H29FN2O/c1-14(2)19-13-23(10-4-9-22(19)12-16-6-7-16)20(24)17-8-5-15(3)11-18(17)21/h5,8,11,14,16,19H,4,6-7,9-10,12-13H2,1-3H3/t19-/m0/s1. The summed E-state index contributed by atoms with van der Waals surface area (Å²) in [7, 11) is 0. The molecule has 0 spiro atoms. The summed E-state index contributed by atoms with van der Waals surface area (Å²) in [6, 6.07) is 5.26. The van der Waals surface area contributed by atoms with Crippen molar-refractivity contribution in [2.45, 2.75) is 46.1 Å². The van der Waals surface area contributed by atoms with E-state index in [1.165, 1.54) is 18.9 Å². The highest BCUT2D eigenvalue weighted by Crippen LogP contribution is 2.32. The van der Waals surface area contributed by atoms with Gasteiger partial charge in [-0.05, 0) is 55.7 Å². The van der Waals surface area contributed by atoms with Gasteiger partial charge in [-0.15, -0.1) is 0 Å². The van der Waals surface area contributed by atoms with E-state index >= 15 is 0 Å². The highest BCUT2D eigenvalue weighted by Gasteiger charge is 2.33. The Morgan fingerprint density at radius 3 is 2.67 bits per heavy atom. The third kappa shape index (κ3) is 3.97. The molecule has 1 heterocycles. The van der Waals surface area contributed by atoms with Gasteiger partial charge in [0.1, 0.15) is 5.82 Å². The van der Waals surface area contributed by atoms with Gasteiger partial charge in [0.25, 0.3) is 5.91 Å². The molecule has 1 aromatic rings. The molecule has 1 aliphatic carbocycles. The Hall–Kier alpha value is -1.42. The van der Waals surface area contributed by atoms with Crippen LogP contribution in [-0.2, 0) is 0 Å². The number of aryl methyl sites for hydroxylation is 1. The Morgan fingerprint density at radius 2 is 2.04 bits per heavy atom. The minimum absolute atomic E-state index is 0.161. The van der Waals surface area contributed by atoms with Gasteiger partial charge in [0, 0.05) is 32.2 Å². The van der Waals surface area contributed by atoms with Crippen LogP contribution < -0.4 is 0 Å². The van der Waals surface area contributed by atoms with E-state index in [1.807, 2.05) is 17.9 Å². The van der Waals surface area contributed by atoms with Crippen molar-refractivity contribution < 1.29 is 9.18 Å². The predicted octanol–water partition coefficient (Wildman–Crippen LogP) is 3.72. The molecule has 0 unspecified atom stereocenters. The second kappa shape index (κ2) is 7.22. The van der Waals surface area contributed by atoms with Gasteiger partial charge in [-0.25, -0.2) is 4.39 Å². The number of rotatable bonds is 4. The maximum Gasteiger partial charge on any atom is 0.256 e. The molecule has 24 heavy (non-hydrogen) atoms. The number of hydrogen-bond donors (Lipinski definition) is 0. The van der Waals surface area contributed by atoms with Crippen molar-refractivity contribution in [2.24, 2.45) is 11.8 Å². The van der Waals surface area contributed by atoms with E-state index in [2.05, 4.69) is 18.7 Å². The van der Waals surface area contributed by atoms with Crippen molar-refractivity contribution in [1.82, 2.24) is 9.80 Å². The van der Waals surface area contributed by atoms with Crippen LogP contribution in [-0.4, -0.2) is 47.9 Å². The molecular formula is C20H29FN2O. The molecule has 2 aliphatic rings. The Bertz CT molecular complexity index is 597. The zero-order valence-electron chi connectivity index (χ0n) is 15.1. The van der Waals surface area contributed by atoms with Crippen LogP contribution in [0.15, 0.2) is 18.2 Å². The zero-order chi connectivity index (χ0) is 17.3. The molecule has 0 N–H and O–H groups in total. The number of halogens is 1. The Balaban J connectivity index is 1.76. The maximum atomic E-state index is 14.2. The van der Waals surface area contributed by atoms with Crippen LogP contribution in [0.5, 0.6) is 0 Å². The summed E-state index contributed by atoms with van der Waals surface area (Å²) < 4.78 is 14.2. The van der Waals surface area contributed by atoms with Crippen LogP contribution in [0.3, 0.4) is 0 Å². The summed E-state index contributed by atoms with van der Waals surface area (Å²) in [6.07, 6.45) is 3.66. The van der Waals surface area contributed by atoms with Crippen molar-refractivity contribution in [3.8, 4) is 0 Å². The molecule has 2 fully saturated rings. The summed E-state index contributed by atoms with van der Waals surface area (Å²) in [6.45, 7) is 9.92. The number of carbonyl (C=O) groups excluding carboxylic acids is 1. The van der Waals surface area contributed by atoms with Crippen molar-refractivity contribution in [1.29, 1.82) is 0 Å². The van der Waals surface area contributed by atoms with Gasteiger partial charge in [-0.1, -0.05) is 19.9 Å². The van der Waals surface area contributed by atoms with Crippen LogP contribution in [0, 0.1) is 24.6 Å². The zero-order valence-corrected chi connectivity index (χ0v) is 15.1. The molecule has 4 heteroatoms. The van der Waals surface area contributed by atoms with Crippen LogP contribution in [0.25, 0.3) is 0 Å². The fourth-order valence-corrected chi connectivity index (χ4v) is 3.70. The first-order chi connectivity index (χ1) is 11.5. The summed E-state index contributed by atoms with van der Waals surface area (Å²) in [5, 5.41) is 0. The quantitative estimate of drug-likeness (QED) is 0.839. The minimum Gasteiger partial charge on any atom is -0.337 e. The number of carbonyl (C=O) groups is 1. The predicted molar refractivity (Wildman–Crippen MR) is 94.6 cm³/mol. The molecule has 3 rings (SSSR count). The molecule has 0 aromatic heterocycles. The van der Waals surface area contributed by atoms with Crippen LogP contribution in [0.1, 0.15) is 49.0 Å². The summed E-state index contributed by atoms with van der Waals surface area (Å²) in [5.41, 5.74) is 1.05. The minimum atomic E-state index is -0.403. The van der Waals surface area contributed by atoms with Gasteiger partial charge in [-0.2, -0.15) is 0 Å². The molecule has 0 bridgehead atoms. The van der Waals surface area contributed by atoms with E-state index in [4.69, 9.17) is 0 Å². The van der Waals surface area contributed by atoms with Crippen LogP contribution in [0.4, 0.5) is 4.39 Å². The summed E-state index contributed by atoms with van der Waals surface area (Å²) in [5.74, 6) is 0.773. The van der Waals surface area contributed by atoms with Gasteiger partial charge in [-0.3, -0.25) is 9.69 Å². The highest BCUT2D eigenvalue weighted by atomic mass is 19.1. The molecule has 1 aliphatic heterocycles. The average molecular weight is 332 g/mol. The SMILES string of the molecule is Cc1ccc(C(=O)N2CCCN(CC3CC3)[C@H](C(C)C)C2)c(F)c1. The molecule has 1 saturated heterocycles.